The summed E-state index contributed by atoms with van der Waals surface area (Å²) in [7, 11) is 0. The molecule has 0 radical (unpaired) electrons. The van der Waals surface area contributed by atoms with Gasteiger partial charge in [-0.15, -0.1) is 0 Å². The zero-order valence-electron chi connectivity index (χ0n) is 16.4. The highest BCUT2D eigenvalue weighted by atomic mass is 16.4. The number of furan rings is 1. The normalized spacial score (nSPS) is 11.1. The molecule has 7 nitrogen and oxygen atoms in total. The van der Waals surface area contributed by atoms with Crippen molar-refractivity contribution in [2.45, 2.75) is 20.3 Å². The fourth-order valence-corrected chi connectivity index (χ4v) is 3.66. The second kappa shape index (κ2) is 7.51. The number of rotatable bonds is 5. The topological polar surface area (TPSA) is 113 Å². The Morgan fingerprint density at radius 1 is 1.00 bits per heavy atom. The minimum absolute atomic E-state index is 0.180. The van der Waals surface area contributed by atoms with Crippen molar-refractivity contribution in [1.29, 1.82) is 0 Å². The molecule has 0 aliphatic heterocycles. The van der Waals surface area contributed by atoms with Gasteiger partial charge in [0.25, 0.3) is 0 Å². The van der Waals surface area contributed by atoms with E-state index in [1.807, 2.05) is 43.3 Å². The maximum Gasteiger partial charge on any atom is 0.340 e. The van der Waals surface area contributed by atoms with E-state index >= 15 is 0 Å². The van der Waals surface area contributed by atoms with Crippen molar-refractivity contribution >= 4 is 33.8 Å². The van der Waals surface area contributed by atoms with Gasteiger partial charge in [0, 0.05) is 22.4 Å². The smallest absolute Gasteiger partial charge is 0.340 e. The van der Waals surface area contributed by atoms with Gasteiger partial charge < -0.3 is 24.1 Å². The van der Waals surface area contributed by atoms with Crippen molar-refractivity contribution in [1.82, 2.24) is 5.32 Å². The summed E-state index contributed by atoms with van der Waals surface area (Å²) in [5.74, 6) is -1.26. The van der Waals surface area contributed by atoms with Crippen LogP contribution in [0.2, 0.25) is 0 Å². The van der Waals surface area contributed by atoms with Crippen LogP contribution in [-0.4, -0.2) is 18.4 Å². The summed E-state index contributed by atoms with van der Waals surface area (Å²) in [5, 5.41) is 14.3. The molecule has 0 saturated carbocycles. The van der Waals surface area contributed by atoms with Crippen LogP contribution < -0.4 is 16.0 Å². The lowest BCUT2D eigenvalue weighted by Gasteiger charge is -2.09. The Labute approximate surface area is 170 Å². The van der Waals surface area contributed by atoms with Gasteiger partial charge in [0.2, 0.25) is 5.91 Å². The lowest BCUT2D eigenvalue weighted by atomic mass is 9.98. The lowest BCUT2D eigenvalue weighted by Crippen LogP contribution is -2.38. The molecule has 0 atom stereocenters. The molecule has 152 valence electrons. The quantitative estimate of drug-likeness (QED) is 0.511. The zero-order valence-corrected chi connectivity index (χ0v) is 16.4. The standard InChI is InChI=1S/C23H19NO6/c1-12-15-8-17-19(29-13(2)22(17)14-6-4-3-5-7-14)10-18(15)30-23(28)16(12)9-20(25)24-11-21(26)27/h3-8,10H,9,11H2,1-2H3,(H,24,25)(H,26,27)/p-1. The van der Waals surface area contributed by atoms with E-state index in [9.17, 15) is 19.5 Å². The number of carbonyl (C=O) groups excluding carboxylic acids is 2. The van der Waals surface area contributed by atoms with E-state index in [2.05, 4.69) is 5.32 Å². The Morgan fingerprint density at radius 2 is 1.70 bits per heavy atom. The van der Waals surface area contributed by atoms with Crippen LogP contribution in [0, 0.1) is 13.8 Å². The molecule has 30 heavy (non-hydrogen) atoms. The van der Waals surface area contributed by atoms with Gasteiger partial charge in [-0.2, -0.15) is 0 Å². The average molecular weight is 404 g/mol. The molecule has 2 aromatic carbocycles. The molecular formula is C23H18NO6-. The van der Waals surface area contributed by atoms with Gasteiger partial charge in [0.15, 0.2) is 0 Å². The number of aryl methyl sites for hydroxylation is 2. The Morgan fingerprint density at radius 3 is 2.40 bits per heavy atom. The molecule has 7 heteroatoms. The monoisotopic (exact) mass is 404 g/mol. The first kappa shape index (κ1) is 19.4. The van der Waals surface area contributed by atoms with Crippen molar-refractivity contribution in [3.05, 3.63) is 69.8 Å². The van der Waals surface area contributed by atoms with E-state index in [4.69, 9.17) is 8.83 Å². The number of carbonyl (C=O) groups is 2. The molecular weight excluding hydrogens is 386 g/mol. The highest BCUT2D eigenvalue weighted by molar-refractivity contribution is 6.03. The highest BCUT2D eigenvalue weighted by Gasteiger charge is 2.19. The minimum Gasteiger partial charge on any atom is -0.548 e. The first-order valence-electron chi connectivity index (χ1n) is 9.36. The summed E-state index contributed by atoms with van der Waals surface area (Å²) >= 11 is 0. The third kappa shape index (κ3) is 3.45. The summed E-state index contributed by atoms with van der Waals surface area (Å²) < 4.78 is 11.3. The van der Waals surface area contributed by atoms with Gasteiger partial charge in [0.05, 0.1) is 24.5 Å². The molecule has 0 unspecified atom stereocenters. The number of nitrogens with one attached hydrogen (secondary N) is 1. The van der Waals surface area contributed by atoms with E-state index in [1.54, 1.807) is 13.0 Å². The maximum atomic E-state index is 12.5. The van der Waals surface area contributed by atoms with Gasteiger partial charge in [0.1, 0.15) is 16.9 Å². The fraction of sp³-hybridized carbons (Fsp3) is 0.174. The van der Waals surface area contributed by atoms with Gasteiger partial charge in [-0.3, -0.25) is 4.79 Å². The van der Waals surface area contributed by atoms with Crippen molar-refractivity contribution in [3.8, 4) is 11.1 Å². The third-order valence-corrected chi connectivity index (χ3v) is 5.10. The van der Waals surface area contributed by atoms with Crippen molar-refractivity contribution in [2.75, 3.05) is 6.54 Å². The number of carboxylic acid groups (broad SMARTS) is 1. The Bertz CT molecular complexity index is 1350. The van der Waals surface area contributed by atoms with Crippen LogP contribution >= 0.6 is 0 Å². The molecule has 0 aliphatic carbocycles. The Balaban J connectivity index is 1.85. The van der Waals surface area contributed by atoms with Crippen LogP contribution in [0.3, 0.4) is 0 Å². The van der Waals surface area contributed by atoms with Gasteiger partial charge >= 0.3 is 5.63 Å². The molecule has 1 N–H and O–H groups in total. The predicted octanol–water partition coefficient (Wildman–Crippen LogP) is 2.23. The number of amides is 1. The highest BCUT2D eigenvalue weighted by Crippen LogP contribution is 2.37. The second-order valence-corrected chi connectivity index (χ2v) is 7.06. The summed E-state index contributed by atoms with van der Waals surface area (Å²) in [6.45, 7) is 3.00. The molecule has 2 heterocycles. The van der Waals surface area contributed by atoms with E-state index in [0.717, 1.165) is 22.3 Å². The third-order valence-electron chi connectivity index (χ3n) is 5.10. The van der Waals surface area contributed by atoms with Crippen molar-refractivity contribution in [3.63, 3.8) is 0 Å². The second-order valence-electron chi connectivity index (χ2n) is 7.06. The molecule has 0 saturated heterocycles. The van der Waals surface area contributed by atoms with Gasteiger partial charge in [-0.05, 0) is 31.0 Å². The predicted molar refractivity (Wildman–Crippen MR) is 109 cm³/mol. The molecule has 2 aromatic heterocycles. The van der Waals surface area contributed by atoms with E-state index in [-0.39, 0.29) is 12.0 Å². The Hall–Kier alpha value is -3.87. The average Bonchev–Trinajstić information content (AvgIpc) is 3.03. The van der Waals surface area contributed by atoms with E-state index in [1.165, 1.54) is 0 Å². The molecule has 0 aliphatic rings. The number of fused-ring (bicyclic) bond motifs is 2. The summed E-state index contributed by atoms with van der Waals surface area (Å²) in [5.41, 5.74) is 3.05. The number of benzene rings is 2. The van der Waals surface area contributed by atoms with Crippen LogP contribution in [0.1, 0.15) is 16.9 Å². The van der Waals surface area contributed by atoms with Crippen LogP contribution in [0.25, 0.3) is 33.1 Å². The van der Waals surface area contributed by atoms with Crippen LogP contribution in [-0.2, 0) is 16.0 Å². The number of hydrogen-bond donors (Lipinski definition) is 1. The number of carboxylic acids is 1. The van der Waals surface area contributed by atoms with Crippen LogP contribution in [0.4, 0.5) is 0 Å². The molecule has 4 aromatic rings. The van der Waals surface area contributed by atoms with Crippen LogP contribution in [0.15, 0.2) is 56.1 Å². The SMILES string of the molecule is Cc1oc2cc3oc(=O)c(CC(=O)NCC(=O)[O-])c(C)c3cc2c1-c1ccccc1. The number of hydrogen-bond acceptors (Lipinski definition) is 6. The summed E-state index contributed by atoms with van der Waals surface area (Å²) in [4.78, 5) is 35.0. The molecule has 1 amide bonds. The van der Waals surface area contributed by atoms with Crippen LogP contribution in [0.5, 0.6) is 0 Å². The summed E-state index contributed by atoms with van der Waals surface area (Å²) in [6, 6.07) is 13.4. The van der Waals surface area contributed by atoms with E-state index in [0.29, 0.717) is 22.1 Å². The Kier molecular flexibility index (Phi) is 4.87. The van der Waals surface area contributed by atoms with Crippen molar-refractivity contribution < 1.29 is 23.5 Å². The molecule has 0 fully saturated rings. The lowest BCUT2D eigenvalue weighted by molar-refractivity contribution is -0.304. The maximum absolute atomic E-state index is 12.5. The van der Waals surface area contributed by atoms with Gasteiger partial charge in [-0.25, -0.2) is 4.79 Å². The molecule has 0 spiro atoms. The first-order chi connectivity index (χ1) is 14.3. The first-order valence-corrected chi connectivity index (χ1v) is 9.36. The fourth-order valence-electron chi connectivity index (χ4n) is 3.66. The molecule has 4 rings (SSSR count). The largest absolute Gasteiger partial charge is 0.548 e. The van der Waals surface area contributed by atoms with Crippen molar-refractivity contribution in [2.24, 2.45) is 0 Å². The zero-order chi connectivity index (χ0) is 21.4. The molecule has 0 bridgehead atoms. The van der Waals surface area contributed by atoms with E-state index < -0.39 is 24.0 Å². The minimum atomic E-state index is -1.41. The van der Waals surface area contributed by atoms with Gasteiger partial charge in [-0.1, -0.05) is 30.3 Å². The summed E-state index contributed by atoms with van der Waals surface area (Å²) in [6.07, 6.45) is -0.286. The number of aliphatic carboxylic acids is 1.